The number of hydrogen-bond donors (Lipinski definition) is 1. The van der Waals surface area contributed by atoms with Gasteiger partial charge < -0.3 is 10.2 Å². The summed E-state index contributed by atoms with van der Waals surface area (Å²) in [6.45, 7) is 1.58. The summed E-state index contributed by atoms with van der Waals surface area (Å²) in [6, 6.07) is 9.80. The van der Waals surface area contributed by atoms with E-state index in [1.54, 1.807) is 43.3 Å². The molecule has 0 bridgehead atoms. The lowest BCUT2D eigenvalue weighted by atomic mass is 10.3. The van der Waals surface area contributed by atoms with E-state index < -0.39 is 6.10 Å². The first-order valence-corrected chi connectivity index (χ1v) is 8.01. The Morgan fingerprint density at radius 1 is 1.12 bits per heavy atom. The molecule has 6 nitrogen and oxygen atoms in total. The van der Waals surface area contributed by atoms with Crippen molar-refractivity contribution < 1.29 is 9.63 Å². The highest BCUT2D eigenvalue weighted by atomic mass is 35.5. The number of nitrogens with zero attached hydrogens (tertiary/aromatic N) is 3. The molecule has 3 rings (SSSR count). The summed E-state index contributed by atoms with van der Waals surface area (Å²) in [5, 5.41) is 11.8. The second kappa shape index (κ2) is 6.84. The van der Waals surface area contributed by atoms with Gasteiger partial charge >= 0.3 is 0 Å². The Bertz CT molecular complexity index is 893. The van der Waals surface area contributed by atoms with Crippen LogP contribution in [0.5, 0.6) is 0 Å². The smallest absolute Gasteiger partial charge is 0.267 e. The summed E-state index contributed by atoms with van der Waals surface area (Å²) < 4.78 is 0. The monoisotopic (exact) mass is 384 g/mol. The van der Waals surface area contributed by atoms with E-state index in [1.807, 2.05) is 0 Å². The highest BCUT2D eigenvalue weighted by molar-refractivity contribution is 6.35. The van der Waals surface area contributed by atoms with Crippen LogP contribution in [-0.4, -0.2) is 27.2 Å². The lowest BCUT2D eigenvalue weighted by Gasteiger charge is -2.14. The zero-order valence-corrected chi connectivity index (χ0v) is 14.6. The van der Waals surface area contributed by atoms with Crippen molar-refractivity contribution in [2.24, 2.45) is 0 Å². The molecule has 1 aromatic heterocycles. The van der Waals surface area contributed by atoms with E-state index in [2.05, 4.69) is 15.6 Å². The van der Waals surface area contributed by atoms with E-state index in [-0.39, 0.29) is 5.91 Å². The van der Waals surface area contributed by atoms with Gasteiger partial charge in [-0.3, -0.25) is 4.79 Å². The summed E-state index contributed by atoms with van der Waals surface area (Å²) in [6.07, 6.45) is -0.841. The van der Waals surface area contributed by atoms with Crippen LogP contribution < -0.4 is 10.2 Å². The van der Waals surface area contributed by atoms with Gasteiger partial charge in [-0.1, -0.05) is 39.6 Å². The minimum atomic E-state index is -0.841. The molecule has 0 fully saturated rings. The topological polar surface area (TPSA) is 69.0 Å². The number of carbonyl (C=O) groups is 1. The minimum Gasteiger partial charge on any atom is -0.382 e. The van der Waals surface area contributed by atoms with Gasteiger partial charge in [0.1, 0.15) is 11.0 Å². The molecule has 0 radical (unpaired) electrons. The normalized spacial score (nSPS) is 12.2. The molecule has 1 N–H and O–H groups in total. The first-order valence-electron chi connectivity index (χ1n) is 6.87. The van der Waals surface area contributed by atoms with Crippen molar-refractivity contribution in [1.82, 2.24) is 15.2 Å². The fourth-order valence-electron chi connectivity index (χ4n) is 2.02. The number of hydrogen-bond acceptors (Lipinski definition) is 4. The van der Waals surface area contributed by atoms with Gasteiger partial charge in [-0.05, 0) is 48.5 Å². The van der Waals surface area contributed by atoms with Gasteiger partial charge in [0.15, 0.2) is 0 Å². The minimum absolute atomic E-state index is 0.390. The van der Waals surface area contributed by atoms with Gasteiger partial charge in [0.2, 0.25) is 6.10 Å². The number of rotatable bonds is 4. The van der Waals surface area contributed by atoms with Gasteiger partial charge in [0.05, 0.1) is 0 Å². The van der Waals surface area contributed by atoms with E-state index >= 15 is 0 Å². The fourth-order valence-corrected chi connectivity index (χ4v) is 2.71. The fraction of sp³-hybridized carbons (Fsp3) is 0.133. The van der Waals surface area contributed by atoms with Crippen LogP contribution in [0.25, 0.3) is 11.0 Å². The predicted molar refractivity (Wildman–Crippen MR) is 93.7 cm³/mol. The number of nitrogens with one attached hydrogen (secondary N) is 1. The van der Waals surface area contributed by atoms with E-state index in [4.69, 9.17) is 39.6 Å². The number of fused-ring (bicyclic) bond motifs is 1. The Hall–Kier alpha value is -2.02. The van der Waals surface area contributed by atoms with Gasteiger partial charge in [0, 0.05) is 20.8 Å². The molecule has 124 valence electrons. The SMILES string of the molecule is C[C@H](On1nnc2ccc(Cl)cc21)C(=O)Nc1cc(Cl)cc(Cl)c1. The zero-order chi connectivity index (χ0) is 17.3. The summed E-state index contributed by atoms with van der Waals surface area (Å²) in [5.74, 6) is -0.390. The molecule has 0 aliphatic carbocycles. The van der Waals surface area contributed by atoms with Gasteiger partial charge in [-0.15, -0.1) is 5.10 Å². The third-order valence-corrected chi connectivity index (χ3v) is 3.81. The average molecular weight is 386 g/mol. The number of aromatic nitrogens is 3. The van der Waals surface area contributed by atoms with Gasteiger partial charge in [-0.2, -0.15) is 0 Å². The van der Waals surface area contributed by atoms with Crippen LogP contribution in [-0.2, 0) is 4.79 Å². The Morgan fingerprint density at radius 2 is 1.83 bits per heavy atom. The Morgan fingerprint density at radius 3 is 2.54 bits per heavy atom. The van der Waals surface area contributed by atoms with Gasteiger partial charge in [0.25, 0.3) is 5.91 Å². The Labute approximate surface area is 152 Å². The van der Waals surface area contributed by atoms with Crippen LogP contribution in [0.2, 0.25) is 15.1 Å². The molecule has 3 aromatic rings. The van der Waals surface area contributed by atoms with Crippen molar-refractivity contribution in [1.29, 1.82) is 0 Å². The molecule has 0 aliphatic rings. The van der Waals surface area contributed by atoms with E-state index in [0.29, 0.717) is 31.8 Å². The van der Waals surface area contributed by atoms with Crippen molar-refractivity contribution in [3.05, 3.63) is 51.5 Å². The van der Waals surface area contributed by atoms with Gasteiger partial charge in [-0.25, -0.2) is 0 Å². The van der Waals surface area contributed by atoms with Crippen molar-refractivity contribution in [2.75, 3.05) is 5.32 Å². The lowest BCUT2D eigenvalue weighted by molar-refractivity contribution is -0.127. The standard InChI is InChI=1S/C15H11Cl3N4O2/c1-8(15(23)19-12-5-10(17)4-11(18)6-12)24-22-14-7-9(16)2-3-13(14)20-21-22/h2-8H,1H3,(H,19,23)/t8-/m0/s1. The van der Waals surface area contributed by atoms with E-state index in [0.717, 1.165) is 4.85 Å². The van der Waals surface area contributed by atoms with E-state index in [9.17, 15) is 4.79 Å². The molecule has 2 aromatic carbocycles. The summed E-state index contributed by atoms with van der Waals surface area (Å²) in [5.41, 5.74) is 1.64. The maximum Gasteiger partial charge on any atom is 0.267 e. The first-order chi connectivity index (χ1) is 11.4. The van der Waals surface area contributed by atoms with Crippen LogP contribution in [0.15, 0.2) is 36.4 Å². The maximum atomic E-state index is 12.3. The molecule has 0 aliphatic heterocycles. The van der Waals surface area contributed by atoms with Crippen LogP contribution in [0, 0.1) is 0 Å². The van der Waals surface area contributed by atoms with Crippen LogP contribution >= 0.6 is 34.8 Å². The van der Waals surface area contributed by atoms with Crippen molar-refractivity contribution in [3.8, 4) is 0 Å². The molecule has 0 spiro atoms. The lowest BCUT2D eigenvalue weighted by Crippen LogP contribution is -2.35. The van der Waals surface area contributed by atoms with Crippen molar-refractivity contribution in [3.63, 3.8) is 0 Å². The molecule has 9 heteroatoms. The van der Waals surface area contributed by atoms with Crippen LogP contribution in [0.1, 0.15) is 6.92 Å². The predicted octanol–water partition coefficient (Wildman–Crippen LogP) is 3.85. The number of carbonyl (C=O) groups excluding carboxylic acids is 1. The molecule has 1 amide bonds. The molecule has 0 saturated heterocycles. The zero-order valence-electron chi connectivity index (χ0n) is 12.3. The second-order valence-electron chi connectivity index (χ2n) is 4.99. The largest absolute Gasteiger partial charge is 0.382 e. The molecule has 0 unspecified atom stereocenters. The Balaban J connectivity index is 1.74. The number of amides is 1. The summed E-state index contributed by atoms with van der Waals surface area (Å²) in [7, 11) is 0. The quantitative estimate of drug-likeness (QED) is 0.740. The average Bonchev–Trinajstić information content (AvgIpc) is 2.88. The molecular weight excluding hydrogens is 375 g/mol. The maximum absolute atomic E-state index is 12.3. The molecule has 0 saturated carbocycles. The summed E-state index contributed by atoms with van der Waals surface area (Å²) in [4.78, 5) is 18.9. The molecule has 1 atom stereocenters. The van der Waals surface area contributed by atoms with E-state index in [1.165, 1.54) is 0 Å². The third kappa shape index (κ3) is 3.72. The van der Waals surface area contributed by atoms with Crippen molar-refractivity contribution in [2.45, 2.75) is 13.0 Å². The number of benzene rings is 2. The van der Waals surface area contributed by atoms with Crippen molar-refractivity contribution >= 4 is 57.4 Å². The number of anilines is 1. The molecule has 1 heterocycles. The van der Waals surface area contributed by atoms with Crippen LogP contribution in [0.4, 0.5) is 5.69 Å². The first kappa shape index (κ1) is 16.8. The van der Waals surface area contributed by atoms with Crippen LogP contribution in [0.3, 0.4) is 0 Å². The highest BCUT2D eigenvalue weighted by Crippen LogP contribution is 2.22. The Kier molecular flexibility index (Phi) is 4.80. The molecule has 24 heavy (non-hydrogen) atoms. The third-order valence-electron chi connectivity index (χ3n) is 3.13. The number of halogens is 3. The second-order valence-corrected chi connectivity index (χ2v) is 6.30. The summed E-state index contributed by atoms with van der Waals surface area (Å²) >= 11 is 17.8. The molecular formula is C15H11Cl3N4O2. The highest BCUT2D eigenvalue weighted by Gasteiger charge is 2.18.